The van der Waals surface area contributed by atoms with Crippen LogP contribution in [-0.4, -0.2) is 30.7 Å². The lowest BCUT2D eigenvalue weighted by atomic mass is 10.0. The third-order valence-corrected chi connectivity index (χ3v) is 2.09. The number of nitrogens with zero attached hydrogens (tertiary/aromatic N) is 1. The van der Waals surface area contributed by atoms with Gasteiger partial charge in [-0.25, -0.2) is 4.79 Å². The zero-order valence-corrected chi connectivity index (χ0v) is 9.53. The first-order chi connectivity index (χ1) is 8.52. The van der Waals surface area contributed by atoms with Gasteiger partial charge in [-0.1, -0.05) is 0 Å². The van der Waals surface area contributed by atoms with Gasteiger partial charge in [0.25, 0.3) is 0 Å². The first kappa shape index (κ1) is 13.7. The smallest absolute Gasteiger partial charge is 0.469 e. The molecule has 1 heterocycles. The average molecular weight is 257 g/mol. The second kappa shape index (κ2) is 6.38. The van der Waals surface area contributed by atoms with Gasteiger partial charge in [0.15, 0.2) is 0 Å². The van der Waals surface area contributed by atoms with Gasteiger partial charge in [-0.15, -0.1) is 0 Å². The summed E-state index contributed by atoms with van der Waals surface area (Å²) in [5, 5.41) is 10.5. The van der Waals surface area contributed by atoms with Crippen LogP contribution >= 0.6 is 0 Å². The zero-order chi connectivity index (χ0) is 13.5. The van der Waals surface area contributed by atoms with E-state index < -0.39 is 29.5 Å². The van der Waals surface area contributed by atoms with Crippen LogP contribution in [0.15, 0.2) is 22.8 Å². The van der Waals surface area contributed by atoms with E-state index in [1.165, 1.54) is 12.3 Å². The monoisotopic (exact) mass is 257 g/mol. The van der Waals surface area contributed by atoms with Crippen LogP contribution in [0.3, 0.4) is 0 Å². The minimum atomic E-state index is -1.15. The minimum absolute atomic E-state index is 0.286. The molecule has 0 radical (unpaired) electrons. The van der Waals surface area contributed by atoms with Crippen LogP contribution in [0.1, 0.15) is 18.1 Å². The predicted molar refractivity (Wildman–Crippen MR) is 56.4 cm³/mol. The molecule has 0 spiro atoms. The number of methoxy groups -OCH3 is 1. The van der Waals surface area contributed by atoms with Gasteiger partial charge >= 0.3 is 12.1 Å². The third-order valence-electron chi connectivity index (χ3n) is 2.09. The third kappa shape index (κ3) is 4.24. The second-order valence-electron chi connectivity index (χ2n) is 3.36. The van der Waals surface area contributed by atoms with E-state index in [0.717, 1.165) is 7.11 Å². The van der Waals surface area contributed by atoms with Crippen LogP contribution < -0.4 is 0 Å². The van der Waals surface area contributed by atoms with E-state index in [-0.39, 0.29) is 12.2 Å². The maximum atomic E-state index is 11.3. The number of furan rings is 1. The molecule has 0 saturated carbocycles. The molecule has 8 heteroatoms. The van der Waals surface area contributed by atoms with E-state index in [1.54, 1.807) is 6.07 Å². The van der Waals surface area contributed by atoms with Crippen molar-refractivity contribution >= 4 is 12.1 Å². The Kier molecular flexibility index (Phi) is 4.85. The van der Waals surface area contributed by atoms with Crippen LogP contribution in [-0.2, 0) is 14.3 Å². The van der Waals surface area contributed by atoms with Crippen molar-refractivity contribution in [2.45, 2.75) is 12.3 Å². The molecule has 0 aliphatic rings. The summed E-state index contributed by atoms with van der Waals surface area (Å²) in [6, 6.07) is 3.06. The molecule has 8 nitrogen and oxygen atoms in total. The normalized spacial score (nSPS) is 11.6. The summed E-state index contributed by atoms with van der Waals surface area (Å²) in [4.78, 5) is 31.9. The first-order valence-electron chi connectivity index (χ1n) is 4.96. The molecule has 18 heavy (non-hydrogen) atoms. The lowest BCUT2D eigenvalue weighted by molar-refractivity contribution is -0.483. The molecule has 0 aromatic carbocycles. The number of carbonyl (C=O) groups is 2. The van der Waals surface area contributed by atoms with E-state index in [2.05, 4.69) is 9.47 Å². The van der Waals surface area contributed by atoms with Gasteiger partial charge in [-0.2, -0.15) is 0 Å². The van der Waals surface area contributed by atoms with Gasteiger partial charge in [-0.3, -0.25) is 14.9 Å². The van der Waals surface area contributed by atoms with Crippen LogP contribution in [0.4, 0.5) is 4.79 Å². The fourth-order valence-electron chi connectivity index (χ4n) is 1.34. The van der Waals surface area contributed by atoms with E-state index in [9.17, 15) is 19.7 Å². The fourth-order valence-corrected chi connectivity index (χ4v) is 1.34. The van der Waals surface area contributed by atoms with Crippen molar-refractivity contribution in [3.63, 3.8) is 0 Å². The number of hydrogen-bond donors (Lipinski definition) is 0. The summed E-state index contributed by atoms with van der Waals surface area (Å²) in [7, 11) is 1.05. The lowest BCUT2D eigenvalue weighted by Gasteiger charge is -2.08. The maximum absolute atomic E-state index is 11.3. The summed E-state index contributed by atoms with van der Waals surface area (Å²) in [5.74, 6) is -1.41. The lowest BCUT2D eigenvalue weighted by Crippen LogP contribution is -2.19. The molecule has 0 bridgehead atoms. The standard InChI is InChI=1S/C10H11NO7/c1-16-10(13)18-9(12)5-7(6-11(14)15)8-3-2-4-17-8/h2-4,7H,5-6H2,1H3. The van der Waals surface area contributed by atoms with E-state index in [1.807, 2.05) is 0 Å². The Morgan fingerprint density at radius 3 is 2.78 bits per heavy atom. The Morgan fingerprint density at radius 2 is 2.28 bits per heavy atom. The largest absolute Gasteiger partial charge is 0.515 e. The minimum Gasteiger partial charge on any atom is -0.469 e. The predicted octanol–water partition coefficient (Wildman–Crippen LogP) is 1.34. The SMILES string of the molecule is COC(=O)OC(=O)CC(C[N+](=O)[O-])c1ccco1. The molecule has 1 atom stereocenters. The fraction of sp³-hybridized carbons (Fsp3) is 0.400. The number of rotatable bonds is 5. The van der Waals surface area contributed by atoms with Crippen molar-refractivity contribution in [1.29, 1.82) is 0 Å². The molecule has 0 fully saturated rings. The quantitative estimate of drug-likeness (QED) is 0.339. The molecule has 1 aromatic rings. The van der Waals surface area contributed by atoms with Gasteiger partial charge in [0, 0.05) is 4.92 Å². The Bertz CT molecular complexity index is 425. The first-order valence-corrected chi connectivity index (χ1v) is 4.96. The Balaban J connectivity index is 2.65. The van der Waals surface area contributed by atoms with Gasteiger partial charge in [0.2, 0.25) is 6.54 Å². The Hall–Kier alpha value is -2.38. The summed E-state index contributed by atoms with van der Waals surface area (Å²) in [6.45, 7) is -0.496. The van der Waals surface area contributed by atoms with Crippen molar-refractivity contribution in [2.75, 3.05) is 13.7 Å². The topological polar surface area (TPSA) is 109 Å². The molecular weight excluding hydrogens is 246 g/mol. The molecule has 1 rings (SSSR count). The molecule has 98 valence electrons. The highest BCUT2D eigenvalue weighted by molar-refractivity contribution is 5.82. The average Bonchev–Trinajstić information content (AvgIpc) is 2.80. The van der Waals surface area contributed by atoms with Crippen molar-refractivity contribution < 1.29 is 28.4 Å². The summed E-state index contributed by atoms with van der Waals surface area (Å²) in [6.07, 6.45) is -0.156. The van der Waals surface area contributed by atoms with Crippen LogP contribution in [0.2, 0.25) is 0 Å². The summed E-state index contributed by atoms with van der Waals surface area (Å²) < 4.78 is 13.4. The van der Waals surface area contributed by atoms with Crippen molar-refractivity contribution in [1.82, 2.24) is 0 Å². The molecule has 0 aliphatic heterocycles. The van der Waals surface area contributed by atoms with E-state index in [4.69, 9.17) is 4.42 Å². The number of hydrogen-bond acceptors (Lipinski definition) is 7. The number of ether oxygens (including phenoxy) is 2. The Labute approximate surface area is 102 Å². The van der Waals surface area contributed by atoms with Crippen LogP contribution in [0.25, 0.3) is 0 Å². The summed E-state index contributed by atoms with van der Waals surface area (Å²) >= 11 is 0. The van der Waals surface area contributed by atoms with Gasteiger partial charge in [0.1, 0.15) is 5.76 Å². The second-order valence-corrected chi connectivity index (χ2v) is 3.36. The highest BCUT2D eigenvalue weighted by Crippen LogP contribution is 2.21. The maximum Gasteiger partial charge on any atom is 0.515 e. The van der Waals surface area contributed by atoms with Crippen molar-refractivity contribution in [2.24, 2.45) is 0 Å². The van der Waals surface area contributed by atoms with Gasteiger partial charge < -0.3 is 13.9 Å². The van der Waals surface area contributed by atoms with Crippen LogP contribution in [0, 0.1) is 10.1 Å². The molecule has 0 N–H and O–H groups in total. The van der Waals surface area contributed by atoms with Crippen molar-refractivity contribution in [3.8, 4) is 0 Å². The Morgan fingerprint density at radius 1 is 1.56 bits per heavy atom. The molecular formula is C10H11NO7. The molecule has 0 amide bonds. The van der Waals surface area contributed by atoms with Gasteiger partial charge in [0.05, 0.1) is 25.7 Å². The number of esters is 1. The number of nitro groups is 1. The summed E-state index contributed by atoms with van der Waals surface area (Å²) in [5.41, 5.74) is 0. The van der Waals surface area contributed by atoms with Gasteiger partial charge in [-0.05, 0) is 12.1 Å². The molecule has 1 unspecified atom stereocenters. The highest BCUT2D eigenvalue weighted by Gasteiger charge is 2.26. The molecule has 0 aliphatic carbocycles. The van der Waals surface area contributed by atoms with Crippen LogP contribution in [0.5, 0.6) is 0 Å². The van der Waals surface area contributed by atoms with E-state index >= 15 is 0 Å². The van der Waals surface area contributed by atoms with E-state index in [0.29, 0.717) is 0 Å². The number of carbonyl (C=O) groups excluding carboxylic acids is 2. The molecule has 0 saturated heterocycles. The molecule has 1 aromatic heterocycles. The van der Waals surface area contributed by atoms with Crippen molar-refractivity contribution in [3.05, 3.63) is 34.3 Å². The highest BCUT2D eigenvalue weighted by atomic mass is 16.7. The zero-order valence-electron chi connectivity index (χ0n) is 9.53.